The minimum absolute atomic E-state index is 0.150. The molecule has 0 aliphatic carbocycles. The maximum Gasteiger partial charge on any atom is 0.271 e. The number of nitrogens with zero attached hydrogens (tertiary/aromatic N) is 4. The molecule has 0 bridgehead atoms. The van der Waals surface area contributed by atoms with E-state index < -0.39 is 10.2 Å². The van der Waals surface area contributed by atoms with E-state index in [0.29, 0.717) is 21.8 Å². The van der Waals surface area contributed by atoms with Gasteiger partial charge in [-0.3, -0.25) is 14.9 Å². The fourth-order valence-corrected chi connectivity index (χ4v) is 3.63. The standard InChI is InChI=1S/C19H17Cl2N5O4S/c1-11(18(27)22-15-9-12(26(28)29)7-8-13(15)20)31-19-24-23-17(25(19)2)10-30-16-6-4-3-5-14(16)21/h3-9,11H,10H2,1-2H3,(H,22,27). The number of anilines is 1. The molecule has 0 aliphatic rings. The highest BCUT2D eigenvalue weighted by atomic mass is 35.5. The van der Waals surface area contributed by atoms with Crippen LogP contribution in [-0.2, 0) is 18.4 Å². The molecule has 1 unspecified atom stereocenters. The Kier molecular flexibility index (Phi) is 7.37. The van der Waals surface area contributed by atoms with Gasteiger partial charge in [-0.2, -0.15) is 0 Å². The number of rotatable bonds is 8. The van der Waals surface area contributed by atoms with Gasteiger partial charge in [-0.25, -0.2) is 0 Å². The Labute approximate surface area is 191 Å². The lowest BCUT2D eigenvalue weighted by atomic mass is 10.2. The number of carbonyl (C=O) groups excluding carboxylic acids is 1. The van der Waals surface area contributed by atoms with Crippen molar-refractivity contribution in [1.29, 1.82) is 0 Å². The van der Waals surface area contributed by atoms with Crippen molar-refractivity contribution in [2.45, 2.75) is 23.9 Å². The number of hydrogen-bond donors (Lipinski definition) is 1. The number of nitro benzene ring substituents is 1. The molecule has 12 heteroatoms. The summed E-state index contributed by atoms with van der Waals surface area (Å²) in [7, 11) is 1.76. The van der Waals surface area contributed by atoms with Crippen LogP contribution < -0.4 is 10.1 Å². The summed E-state index contributed by atoms with van der Waals surface area (Å²) in [5.41, 5.74) is -0.00317. The SMILES string of the molecule is CC(Sc1nnc(COc2ccccc2Cl)n1C)C(=O)Nc1cc([N+](=O)[O-])ccc1Cl. The van der Waals surface area contributed by atoms with E-state index in [1.54, 1.807) is 36.7 Å². The summed E-state index contributed by atoms with van der Waals surface area (Å²) in [5.74, 6) is 0.698. The predicted molar refractivity (Wildman–Crippen MR) is 119 cm³/mol. The fourth-order valence-electron chi connectivity index (χ4n) is 2.45. The predicted octanol–water partition coefficient (Wildman–Crippen LogP) is 4.73. The molecule has 162 valence electrons. The molecule has 0 spiro atoms. The zero-order chi connectivity index (χ0) is 22.5. The van der Waals surface area contributed by atoms with Crippen LogP contribution in [0.5, 0.6) is 5.75 Å². The van der Waals surface area contributed by atoms with Crippen molar-refractivity contribution in [3.8, 4) is 5.75 Å². The smallest absolute Gasteiger partial charge is 0.271 e. The molecule has 3 aromatic rings. The van der Waals surface area contributed by atoms with Gasteiger partial charge in [-0.15, -0.1) is 10.2 Å². The Bertz CT molecular complexity index is 1120. The Morgan fingerprint density at radius 3 is 2.71 bits per heavy atom. The number of hydrogen-bond acceptors (Lipinski definition) is 7. The maximum atomic E-state index is 12.6. The van der Waals surface area contributed by atoms with Crippen LogP contribution in [0.25, 0.3) is 0 Å². The number of thioether (sulfide) groups is 1. The lowest BCUT2D eigenvalue weighted by Crippen LogP contribution is -2.23. The highest BCUT2D eigenvalue weighted by molar-refractivity contribution is 8.00. The molecule has 0 fully saturated rings. The summed E-state index contributed by atoms with van der Waals surface area (Å²) in [6.07, 6.45) is 0. The summed E-state index contributed by atoms with van der Waals surface area (Å²) in [6, 6.07) is 10.9. The summed E-state index contributed by atoms with van der Waals surface area (Å²) >= 11 is 13.3. The first-order chi connectivity index (χ1) is 14.8. The average Bonchev–Trinajstić information content (AvgIpc) is 3.08. The second kappa shape index (κ2) is 9.99. The van der Waals surface area contributed by atoms with Gasteiger partial charge in [-0.1, -0.05) is 47.1 Å². The minimum Gasteiger partial charge on any atom is -0.484 e. The molecule has 1 amide bonds. The lowest BCUT2D eigenvalue weighted by molar-refractivity contribution is -0.384. The van der Waals surface area contributed by atoms with E-state index in [9.17, 15) is 14.9 Å². The summed E-state index contributed by atoms with van der Waals surface area (Å²) in [6.45, 7) is 1.83. The second-order valence-corrected chi connectivity index (χ2v) is 8.47. The number of carbonyl (C=O) groups is 1. The molecular formula is C19H17Cl2N5O4S. The number of ether oxygens (including phenoxy) is 1. The highest BCUT2D eigenvalue weighted by Crippen LogP contribution is 2.29. The number of nitrogens with one attached hydrogen (secondary N) is 1. The van der Waals surface area contributed by atoms with E-state index in [1.807, 2.05) is 6.07 Å². The third-order valence-electron chi connectivity index (χ3n) is 4.19. The van der Waals surface area contributed by atoms with Gasteiger partial charge in [0.25, 0.3) is 5.69 Å². The van der Waals surface area contributed by atoms with Crippen LogP contribution >= 0.6 is 35.0 Å². The van der Waals surface area contributed by atoms with Gasteiger partial charge in [0.05, 0.1) is 25.9 Å². The third kappa shape index (κ3) is 5.66. The first-order valence-electron chi connectivity index (χ1n) is 8.93. The van der Waals surface area contributed by atoms with Crippen molar-refractivity contribution in [1.82, 2.24) is 14.8 Å². The Morgan fingerprint density at radius 2 is 2.00 bits per heavy atom. The van der Waals surface area contributed by atoms with Crippen LogP contribution in [0.4, 0.5) is 11.4 Å². The Morgan fingerprint density at radius 1 is 1.26 bits per heavy atom. The van der Waals surface area contributed by atoms with Gasteiger partial charge < -0.3 is 14.6 Å². The lowest BCUT2D eigenvalue weighted by Gasteiger charge is -2.13. The first kappa shape index (κ1) is 22.9. The number of aromatic nitrogens is 3. The molecule has 0 radical (unpaired) electrons. The van der Waals surface area contributed by atoms with Crippen LogP contribution in [0.3, 0.4) is 0 Å². The van der Waals surface area contributed by atoms with Crippen LogP contribution in [0.1, 0.15) is 12.7 Å². The number of amides is 1. The van der Waals surface area contributed by atoms with E-state index in [1.165, 1.54) is 30.0 Å². The molecule has 1 aromatic heterocycles. The summed E-state index contributed by atoms with van der Waals surface area (Å²) in [5, 5.41) is 22.4. The van der Waals surface area contributed by atoms with Crippen molar-refractivity contribution in [2.75, 3.05) is 5.32 Å². The molecule has 1 heterocycles. The van der Waals surface area contributed by atoms with Gasteiger partial charge in [0.15, 0.2) is 11.0 Å². The van der Waals surface area contributed by atoms with E-state index >= 15 is 0 Å². The quantitative estimate of drug-likeness (QED) is 0.281. The zero-order valence-corrected chi connectivity index (χ0v) is 18.7. The molecule has 31 heavy (non-hydrogen) atoms. The Hall–Kier alpha value is -2.82. The van der Waals surface area contributed by atoms with Crippen LogP contribution in [0.15, 0.2) is 47.6 Å². The Balaban J connectivity index is 1.63. The van der Waals surface area contributed by atoms with Crippen molar-refractivity contribution < 1.29 is 14.5 Å². The van der Waals surface area contributed by atoms with Crippen LogP contribution in [0, 0.1) is 10.1 Å². The number of halogens is 2. The topological polar surface area (TPSA) is 112 Å². The average molecular weight is 482 g/mol. The number of non-ortho nitro benzene ring substituents is 1. The van der Waals surface area contributed by atoms with Crippen LogP contribution in [-0.4, -0.2) is 30.8 Å². The maximum absolute atomic E-state index is 12.6. The highest BCUT2D eigenvalue weighted by Gasteiger charge is 2.21. The molecule has 1 N–H and O–H groups in total. The molecule has 0 saturated heterocycles. The molecule has 3 rings (SSSR count). The summed E-state index contributed by atoms with van der Waals surface area (Å²) in [4.78, 5) is 22.9. The molecule has 1 atom stereocenters. The molecular weight excluding hydrogens is 465 g/mol. The van der Waals surface area contributed by atoms with Gasteiger partial charge >= 0.3 is 0 Å². The minimum atomic E-state index is -0.574. The molecule has 0 aliphatic heterocycles. The summed E-state index contributed by atoms with van der Waals surface area (Å²) < 4.78 is 7.39. The van der Waals surface area contributed by atoms with Crippen molar-refractivity contribution >= 4 is 52.2 Å². The van der Waals surface area contributed by atoms with Gasteiger partial charge in [0.1, 0.15) is 12.4 Å². The third-order valence-corrected chi connectivity index (χ3v) is 5.96. The van der Waals surface area contributed by atoms with Gasteiger partial charge in [0.2, 0.25) is 5.91 Å². The zero-order valence-electron chi connectivity index (χ0n) is 16.4. The van der Waals surface area contributed by atoms with Crippen molar-refractivity contribution in [3.63, 3.8) is 0 Å². The normalized spacial score (nSPS) is 11.7. The number of para-hydroxylation sites is 1. The van der Waals surface area contributed by atoms with E-state index in [2.05, 4.69) is 15.5 Å². The number of benzene rings is 2. The largest absolute Gasteiger partial charge is 0.484 e. The molecule has 9 nitrogen and oxygen atoms in total. The van der Waals surface area contributed by atoms with Crippen LogP contribution in [0.2, 0.25) is 10.0 Å². The van der Waals surface area contributed by atoms with E-state index in [4.69, 9.17) is 27.9 Å². The number of nitro groups is 1. The second-order valence-electron chi connectivity index (χ2n) is 6.35. The van der Waals surface area contributed by atoms with Gasteiger partial charge in [-0.05, 0) is 25.1 Å². The van der Waals surface area contributed by atoms with Crippen molar-refractivity contribution in [2.24, 2.45) is 7.05 Å². The monoisotopic (exact) mass is 481 g/mol. The van der Waals surface area contributed by atoms with Crippen molar-refractivity contribution in [3.05, 3.63) is 68.4 Å². The molecule has 2 aromatic carbocycles. The molecule has 0 saturated carbocycles. The fraction of sp³-hybridized carbons (Fsp3) is 0.211. The first-order valence-corrected chi connectivity index (χ1v) is 10.6. The van der Waals surface area contributed by atoms with Gasteiger partial charge in [0, 0.05) is 19.2 Å². The van der Waals surface area contributed by atoms with E-state index in [0.717, 1.165) is 0 Å². The van der Waals surface area contributed by atoms with E-state index in [-0.39, 0.29) is 28.9 Å².